The quantitative estimate of drug-likeness (QED) is 0.734. The summed E-state index contributed by atoms with van der Waals surface area (Å²) in [5.41, 5.74) is 0.867. The van der Waals surface area contributed by atoms with Crippen LogP contribution in [0.15, 0.2) is 34.9 Å². The molecular weight excluding hydrogens is 204 g/mol. The third kappa shape index (κ3) is 2.39. The number of hydrogen-bond donors (Lipinski definition) is 0. The monoisotopic (exact) mass is 214 g/mol. The molecule has 0 aliphatic rings. The molecule has 0 amide bonds. The summed E-state index contributed by atoms with van der Waals surface area (Å²) in [5, 5.41) is 3.69. The zero-order chi connectivity index (χ0) is 11.2. The van der Waals surface area contributed by atoms with Crippen molar-refractivity contribution in [2.45, 2.75) is 6.92 Å². The van der Waals surface area contributed by atoms with Crippen molar-refractivity contribution in [2.75, 3.05) is 6.61 Å². The molecule has 0 N–H and O–H groups in total. The summed E-state index contributed by atoms with van der Waals surface area (Å²) in [6, 6.07) is 9.73. The molecule has 0 saturated heterocycles. The lowest BCUT2D eigenvalue weighted by Crippen LogP contribution is -1.94. The van der Waals surface area contributed by atoms with Crippen molar-refractivity contribution >= 4 is 0 Å². The van der Waals surface area contributed by atoms with Gasteiger partial charge in [-0.25, -0.2) is 0 Å². The predicted molar refractivity (Wildman–Crippen MR) is 58.7 cm³/mol. The van der Waals surface area contributed by atoms with Gasteiger partial charge in [-0.15, -0.1) is 5.92 Å². The Balaban J connectivity index is 2.10. The highest BCUT2D eigenvalue weighted by atomic mass is 16.5. The molecule has 16 heavy (non-hydrogen) atoms. The largest absolute Gasteiger partial charge is 0.448 e. The summed E-state index contributed by atoms with van der Waals surface area (Å²) in [7, 11) is 0. The second-order valence-electron chi connectivity index (χ2n) is 2.96. The number of hydrogen-bond acceptors (Lipinski definition) is 4. The molecule has 1 aromatic heterocycles. The fraction of sp³-hybridized carbons (Fsp3) is 0.167. The van der Waals surface area contributed by atoms with E-state index in [1.807, 2.05) is 30.3 Å². The van der Waals surface area contributed by atoms with Gasteiger partial charge in [-0.1, -0.05) is 24.1 Å². The van der Waals surface area contributed by atoms with Crippen LogP contribution in [0.2, 0.25) is 0 Å². The van der Waals surface area contributed by atoms with Crippen LogP contribution in [0.3, 0.4) is 0 Å². The van der Waals surface area contributed by atoms with Crippen molar-refractivity contribution < 1.29 is 9.26 Å². The zero-order valence-corrected chi connectivity index (χ0v) is 8.80. The Labute approximate surface area is 93.2 Å². The molecule has 80 valence electrons. The Morgan fingerprint density at radius 2 is 2.12 bits per heavy atom. The zero-order valence-electron chi connectivity index (χ0n) is 8.80. The van der Waals surface area contributed by atoms with E-state index in [-0.39, 0.29) is 12.6 Å². The third-order valence-corrected chi connectivity index (χ3v) is 1.88. The van der Waals surface area contributed by atoms with E-state index < -0.39 is 0 Å². The number of rotatable bonds is 3. The molecule has 4 nitrogen and oxygen atoms in total. The van der Waals surface area contributed by atoms with E-state index in [2.05, 4.69) is 22.0 Å². The van der Waals surface area contributed by atoms with E-state index in [1.165, 1.54) is 0 Å². The van der Waals surface area contributed by atoms with Gasteiger partial charge in [0.15, 0.2) is 6.61 Å². The van der Waals surface area contributed by atoms with E-state index >= 15 is 0 Å². The molecule has 2 rings (SSSR count). The fourth-order valence-corrected chi connectivity index (χ4v) is 1.14. The fourth-order valence-electron chi connectivity index (χ4n) is 1.14. The molecule has 1 heterocycles. The van der Waals surface area contributed by atoms with Crippen molar-refractivity contribution in [3.8, 4) is 29.3 Å². The van der Waals surface area contributed by atoms with Gasteiger partial charge in [0.1, 0.15) is 0 Å². The van der Waals surface area contributed by atoms with Gasteiger partial charge >= 0.3 is 6.01 Å². The second-order valence-corrected chi connectivity index (χ2v) is 2.96. The average molecular weight is 214 g/mol. The highest BCUT2D eigenvalue weighted by Gasteiger charge is 2.08. The number of nitrogens with zero attached hydrogens (tertiary/aromatic N) is 2. The van der Waals surface area contributed by atoms with Crippen molar-refractivity contribution in [1.29, 1.82) is 0 Å². The molecule has 1 aromatic carbocycles. The van der Waals surface area contributed by atoms with Crippen LogP contribution in [0.4, 0.5) is 0 Å². The number of benzene rings is 1. The summed E-state index contributed by atoms with van der Waals surface area (Å²) in [5.74, 6) is 5.91. The van der Waals surface area contributed by atoms with Crippen LogP contribution in [-0.4, -0.2) is 16.7 Å². The van der Waals surface area contributed by atoms with Crippen LogP contribution < -0.4 is 4.74 Å². The molecule has 0 radical (unpaired) electrons. The lowest BCUT2D eigenvalue weighted by molar-refractivity contribution is 0.311. The molecule has 0 atom stereocenters. The average Bonchev–Trinajstić information content (AvgIpc) is 2.79. The SMILES string of the molecule is CC#CCOc1noc(-c2ccccc2)n1. The van der Waals surface area contributed by atoms with E-state index in [0.29, 0.717) is 5.89 Å². The van der Waals surface area contributed by atoms with Crippen LogP contribution >= 0.6 is 0 Å². The minimum absolute atomic E-state index is 0.210. The van der Waals surface area contributed by atoms with Crippen LogP contribution in [0, 0.1) is 11.8 Å². The maximum absolute atomic E-state index is 5.16. The Morgan fingerprint density at radius 3 is 2.88 bits per heavy atom. The minimum atomic E-state index is 0.210. The first kappa shape index (κ1) is 10.2. The van der Waals surface area contributed by atoms with Gasteiger partial charge in [-0.3, -0.25) is 0 Å². The molecule has 0 aliphatic carbocycles. The third-order valence-electron chi connectivity index (χ3n) is 1.88. The second kappa shape index (κ2) is 4.99. The molecular formula is C12H10N2O2. The van der Waals surface area contributed by atoms with E-state index in [0.717, 1.165) is 5.56 Å². The molecule has 0 spiro atoms. The standard InChI is InChI=1S/C12H10N2O2/c1-2-3-9-15-12-13-11(16-14-12)10-7-5-4-6-8-10/h4-8H,9H2,1H3. The van der Waals surface area contributed by atoms with Crippen molar-refractivity contribution in [3.63, 3.8) is 0 Å². The molecule has 4 heteroatoms. The lowest BCUT2D eigenvalue weighted by Gasteiger charge is -1.91. The van der Waals surface area contributed by atoms with Gasteiger partial charge in [-0.2, -0.15) is 4.98 Å². The molecule has 0 fully saturated rings. The van der Waals surface area contributed by atoms with Crippen LogP contribution in [-0.2, 0) is 0 Å². The van der Waals surface area contributed by atoms with E-state index in [1.54, 1.807) is 6.92 Å². The topological polar surface area (TPSA) is 48.2 Å². The number of aromatic nitrogens is 2. The summed E-state index contributed by atoms with van der Waals surface area (Å²) in [4.78, 5) is 4.08. The smallest absolute Gasteiger partial charge is 0.355 e. The summed E-state index contributed by atoms with van der Waals surface area (Å²) < 4.78 is 10.2. The minimum Gasteiger partial charge on any atom is -0.448 e. The summed E-state index contributed by atoms with van der Waals surface area (Å²) in [6.07, 6.45) is 0. The maximum atomic E-state index is 5.16. The lowest BCUT2D eigenvalue weighted by atomic mass is 10.2. The van der Waals surface area contributed by atoms with Gasteiger partial charge < -0.3 is 9.26 Å². The first-order chi connectivity index (χ1) is 7.90. The Kier molecular flexibility index (Phi) is 3.19. The van der Waals surface area contributed by atoms with Gasteiger partial charge in [-0.05, 0) is 24.2 Å². The highest BCUT2D eigenvalue weighted by Crippen LogP contribution is 2.18. The van der Waals surface area contributed by atoms with Gasteiger partial charge in [0, 0.05) is 5.56 Å². The Hall–Kier alpha value is -2.28. The van der Waals surface area contributed by atoms with Crippen molar-refractivity contribution in [3.05, 3.63) is 30.3 Å². The molecule has 0 unspecified atom stereocenters. The Bertz CT molecular complexity index is 509. The van der Waals surface area contributed by atoms with Crippen molar-refractivity contribution in [2.24, 2.45) is 0 Å². The molecule has 2 aromatic rings. The first-order valence-electron chi connectivity index (χ1n) is 4.81. The summed E-state index contributed by atoms with van der Waals surface area (Å²) >= 11 is 0. The predicted octanol–water partition coefficient (Wildman–Crippen LogP) is 2.14. The van der Waals surface area contributed by atoms with Crippen LogP contribution in [0.1, 0.15) is 6.92 Å². The van der Waals surface area contributed by atoms with Crippen molar-refractivity contribution in [1.82, 2.24) is 10.1 Å². The van der Waals surface area contributed by atoms with Crippen LogP contribution in [0.5, 0.6) is 6.01 Å². The Morgan fingerprint density at radius 1 is 1.31 bits per heavy atom. The maximum Gasteiger partial charge on any atom is 0.355 e. The summed E-state index contributed by atoms with van der Waals surface area (Å²) in [6.45, 7) is 2.01. The van der Waals surface area contributed by atoms with Gasteiger partial charge in [0.25, 0.3) is 5.89 Å². The van der Waals surface area contributed by atoms with Gasteiger partial charge in [0.05, 0.1) is 0 Å². The molecule has 0 aliphatic heterocycles. The molecule has 0 bridgehead atoms. The highest BCUT2D eigenvalue weighted by molar-refractivity contribution is 5.52. The normalized spacial score (nSPS) is 9.31. The molecule has 0 saturated carbocycles. The first-order valence-corrected chi connectivity index (χ1v) is 4.81. The van der Waals surface area contributed by atoms with Crippen LogP contribution in [0.25, 0.3) is 11.5 Å². The van der Waals surface area contributed by atoms with Gasteiger partial charge in [0.2, 0.25) is 0 Å². The van der Waals surface area contributed by atoms with E-state index in [9.17, 15) is 0 Å². The van der Waals surface area contributed by atoms with E-state index in [4.69, 9.17) is 9.26 Å². The number of ether oxygens (including phenoxy) is 1.